The average molecular weight is 429 g/mol. The minimum Gasteiger partial charge on any atom is -0.494 e. The Morgan fingerprint density at radius 1 is 1.20 bits per heavy atom. The van der Waals surface area contributed by atoms with Crippen molar-refractivity contribution >= 4 is 21.6 Å². The van der Waals surface area contributed by atoms with Gasteiger partial charge in [-0.3, -0.25) is 4.79 Å². The fourth-order valence-electron chi connectivity index (χ4n) is 3.90. The van der Waals surface area contributed by atoms with Crippen molar-refractivity contribution in [2.75, 3.05) is 24.6 Å². The Hall–Kier alpha value is -2.38. The molecule has 1 aliphatic heterocycles. The van der Waals surface area contributed by atoms with Gasteiger partial charge in [0.15, 0.2) is 0 Å². The van der Waals surface area contributed by atoms with Gasteiger partial charge in [0.2, 0.25) is 15.9 Å². The number of rotatable bonds is 9. The molecule has 2 aromatic rings. The number of amides is 1. The van der Waals surface area contributed by atoms with E-state index in [1.807, 2.05) is 36.1 Å². The van der Waals surface area contributed by atoms with Crippen LogP contribution in [0.15, 0.2) is 47.4 Å². The zero-order chi connectivity index (χ0) is 21.1. The Balaban J connectivity index is 1.36. The number of carbonyl (C=O) groups is 1. The maximum atomic E-state index is 12.7. The van der Waals surface area contributed by atoms with Crippen molar-refractivity contribution in [3.05, 3.63) is 53.6 Å². The molecule has 2 aliphatic rings. The van der Waals surface area contributed by atoms with Crippen LogP contribution in [0.3, 0.4) is 0 Å². The lowest BCUT2D eigenvalue weighted by Crippen LogP contribution is -2.30. The fourth-order valence-corrected chi connectivity index (χ4v) is 5.02. The molecule has 1 heterocycles. The molecule has 30 heavy (non-hydrogen) atoms. The quantitative estimate of drug-likeness (QED) is 0.622. The number of hydrogen-bond donors (Lipinski definition) is 1. The molecular weight excluding hydrogens is 400 g/mol. The molecular formula is C23H28N2O4S. The smallest absolute Gasteiger partial charge is 0.240 e. The third-order valence-electron chi connectivity index (χ3n) is 5.64. The van der Waals surface area contributed by atoms with E-state index in [-0.39, 0.29) is 16.7 Å². The summed E-state index contributed by atoms with van der Waals surface area (Å²) in [4.78, 5) is 14.5. The van der Waals surface area contributed by atoms with Crippen LogP contribution < -0.4 is 14.4 Å². The SMILES string of the molecule is CCOc1ccccc1CCCNS(=O)(=O)c1ccc2c(c1)CCN2C(=O)C1CC1. The van der Waals surface area contributed by atoms with E-state index < -0.39 is 10.0 Å². The molecule has 7 heteroatoms. The highest BCUT2D eigenvalue weighted by atomic mass is 32.2. The molecule has 0 saturated heterocycles. The average Bonchev–Trinajstić information content (AvgIpc) is 3.51. The molecule has 0 spiro atoms. The van der Waals surface area contributed by atoms with Crippen LogP contribution in [-0.4, -0.2) is 34.0 Å². The molecule has 6 nitrogen and oxygen atoms in total. The number of sulfonamides is 1. The van der Waals surface area contributed by atoms with Crippen molar-refractivity contribution in [1.29, 1.82) is 0 Å². The highest BCUT2D eigenvalue weighted by molar-refractivity contribution is 7.89. The number of fused-ring (bicyclic) bond motifs is 1. The molecule has 1 fully saturated rings. The minimum absolute atomic E-state index is 0.161. The van der Waals surface area contributed by atoms with Crippen molar-refractivity contribution in [1.82, 2.24) is 4.72 Å². The predicted octanol–water partition coefficient (Wildman–Crippen LogP) is 3.30. The van der Waals surface area contributed by atoms with Crippen LogP contribution in [0, 0.1) is 5.92 Å². The molecule has 0 unspecified atom stereocenters. The summed E-state index contributed by atoms with van der Waals surface area (Å²) >= 11 is 0. The summed E-state index contributed by atoms with van der Waals surface area (Å²) in [6, 6.07) is 12.9. The number of para-hydroxylation sites is 1. The van der Waals surface area contributed by atoms with Gasteiger partial charge in [0.05, 0.1) is 11.5 Å². The number of carbonyl (C=O) groups excluding carboxylic acids is 1. The van der Waals surface area contributed by atoms with Crippen molar-refractivity contribution in [2.45, 2.75) is 43.9 Å². The van der Waals surface area contributed by atoms with E-state index in [1.165, 1.54) is 0 Å². The van der Waals surface area contributed by atoms with E-state index in [9.17, 15) is 13.2 Å². The van der Waals surface area contributed by atoms with Crippen LogP contribution in [0.5, 0.6) is 5.75 Å². The van der Waals surface area contributed by atoms with Gasteiger partial charge in [0.1, 0.15) is 5.75 Å². The molecule has 1 saturated carbocycles. The fraction of sp³-hybridized carbons (Fsp3) is 0.435. The van der Waals surface area contributed by atoms with Crippen LogP contribution in [0.1, 0.15) is 37.3 Å². The van der Waals surface area contributed by atoms with Crippen molar-refractivity contribution in [2.24, 2.45) is 5.92 Å². The number of aryl methyl sites for hydroxylation is 1. The first-order valence-electron chi connectivity index (χ1n) is 10.6. The molecule has 1 N–H and O–H groups in total. The second-order valence-corrected chi connectivity index (χ2v) is 9.61. The Labute approximate surface area is 178 Å². The number of hydrogen-bond acceptors (Lipinski definition) is 4. The number of benzene rings is 2. The van der Waals surface area contributed by atoms with Gasteiger partial charge in [0.25, 0.3) is 0 Å². The normalized spacial score (nSPS) is 15.8. The standard InChI is InChI=1S/C23H28N2O4S/c1-2-29-22-8-4-3-6-17(22)7-5-14-24-30(27,28)20-11-12-21-19(16-20)13-15-25(21)23(26)18-9-10-18/h3-4,6,8,11-12,16,18,24H,2,5,7,9-10,13-15H2,1H3. The first-order valence-corrected chi connectivity index (χ1v) is 12.1. The third-order valence-corrected chi connectivity index (χ3v) is 7.10. The molecule has 4 rings (SSSR count). The number of anilines is 1. The number of nitrogens with one attached hydrogen (secondary N) is 1. The third kappa shape index (κ3) is 4.52. The Bertz CT molecular complexity index is 1030. The van der Waals surface area contributed by atoms with Gasteiger partial charge in [-0.15, -0.1) is 0 Å². The van der Waals surface area contributed by atoms with E-state index >= 15 is 0 Å². The van der Waals surface area contributed by atoms with Gasteiger partial charge in [-0.1, -0.05) is 18.2 Å². The van der Waals surface area contributed by atoms with E-state index in [0.717, 1.165) is 41.8 Å². The topological polar surface area (TPSA) is 75.7 Å². The number of ether oxygens (including phenoxy) is 1. The first-order chi connectivity index (χ1) is 14.5. The number of nitrogens with zero attached hydrogens (tertiary/aromatic N) is 1. The van der Waals surface area contributed by atoms with Gasteiger partial charge in [-0.05, 0) is 74.4 Å². The second kappa shape index (κ2) is 8.78. The molecule has 2 aromatic carbocycles. The summed E-state index contributed by atoms with van der Waals surface area (Å²) in [5, 5.41) is 0. The maximum Gasteiger partial charge on any atom is 0.240 e. The lowest BCUT2D eigenvalue weighted by atomic mass is 10.1. The predicted molar refractivity (Wildman–Crippen MR) is 116 cm³/mol. The van der Waals surface area contributed by atoms with E-state index in [0.29, 0.717) is 32.5 Å². The second-order valence-electron chi connectivity index (χ2n) is 7.85. The largest absolute Gasteiger partial charge is 0.494 e. The van der Waals surface area contributed by atoms with E-state index in [1.54, 1.807) is 18.2 Å². The van der Waals surface area contributed by atoms with Gasteiger partial charge in [-0.25, -0.2) is 13.1 Å². The Morgan fingerprint density at radius 3 is 2.77 bits per heavy atom. The van der Waals surface area contributed by atoms with Gasteiger partial charge >= 0.3 is 0 Å². The highest BCUT2D eigenvalue weighted by Crippen LogP contribution is 2.37. The zero-order valence-electron chi connectivity index (χ0n) is 17.3. The highest BCUT2D eigenvalue weighted by Gasteiger charge is 2.36. The van der Waals surface area contributed by atoms with E-state index in [2.05, 4.69) is 4.72 Å². The monoisotopic (exact) mass is 428 g/mol. The van der Waals surface area contributed by atoms with Crippen molar-refractivity contribution in [3.8, 4) is 5.75 Å². The van der Waals surface area contributed by atoms with Crippen LogP contribution in [0.4, 0.5) is 5.69 Å². The van der Waals surface area contributed by atoms with Gasteiger partial charge < -0.3 is 9.64 Å². The van der Waals surface area contributed by atoms with Crippen molar-refractivity contribution < 1.29 is 17.9 Å². The van der Waals surface area contributed by atoms with Gasteiger partial charge in [-0.2, -0.15) is 0 Å². The maximum absolute atomic E-state index is 12.7. The summed E-state index contributed by atoms with van der Waals surface area (Å²) in [6.45, 7) is 3.54. The van der Waals surface area contributed by atoms with Crippen LogP contribution in [0.2, 0.25) is 0 Å². The molecule has 0 aromatic heterocycles. The summed E-state index contributed by atoms with van der Waals surface area (Å²) in [5.41, 5.74) is 2.87. The Kier molecular flexibility index (Phi) is 6.11. The van der Waals surface area contributed by atoms with E-state index in [4.69, 9.17) is 4.74 Å². The molecule has 0 bridgehead atoms. The lowest BCUT2D eigenvalue weighted by Gasteiger charge is -2.17. The van der Waals surface area contributed by atoms with Gasteiger partial charge in [0, 0.05) is 24.7 Å². The summed E-state index contributed by atoms with van der Waals surface area (Å²) in [7, 11) is -3.58. The molecule has 1 amide bonds. The summed E-state index contributed by atoms with van der Waals surface area (Å²) in [5.74, 6) is 1.19. The minimum atomic E-state index is -3.58. The van der Waals surface area contributed by atoms with Crippen LogP contribution in [-0.2, 0) is 27.7 Å². The summed E-state index contributed by atoms with van der Waals surface area (Å²) in [6.07, 6.45) is 4.05. The molecule has 0 radical (unpaired) electrons. The summed E-state index contributed by atoms with van der Waals surface area (Å²) < 4.78 is 33.8. The van der Waals surface area contributed by atoms with Crippen LogP contribution in [0.25, 0.3) is 0 Å². The Morgan fingerprint density at radius 2 is 2.00 bits per heavy atom. The molecule has 1 aliphatic carbocycles. The first kappa shape index (κ1) is 20.9. The zero-order valence-corrected chi connectivity index (χ0v) is 18.1. The molecule has 0 atom stereocenters. The van der Waals surface area contributed by atoms with Crippen LogP contribution >= 0.6 is 0 Å². The van der Waals surface area contributed by atoms with Crippen molar-refractivity contribution in [3.63, 3.8) is 0 Å². The molecule has 160 valence electrons. The lowest BCUT2D eigenvalue weighted by molar-refractivity contribution is -0.119.